The third-order valence-electron chi connectivity index (χ3n) is 6.66. The highest BCUT2D eigenvalue weighted by Crippen LogP contribution is 2.39. The lowest BCUT2D eigenvalue weighted by Gasteiger charge is -2.54. The van der Waals surface area contributed by atoms with Crippen LogP contribution in [0.25, 0.3) is 11.2 Å². The van der Waals surface area contributed by atoms with Crippen LogP contribution < -0.4 is 10.3 Å². The van der Waals surface area contributed by atoms with Crippen molar-refractivity contribution in [1.82, 2.24) is 19.9 Å². The standard InChI is InChI=1S/C24H35N5O5/c1-13(10-15(31)12-30)18-20(21(32)19-22(27-18)25-11-14(2)26-19)28-8-9-29(17-7-6-16(17)28)23(33)34-24(3,4)5/h11,13,15-17,30-31H,6-10,12H2,1-5H3,(H,25,27,32)/t13?,15?,16-,17-/m0/s1. The monoisotopic (exact) mass is 473 g/mol. The number of aromatic amines is 1. The number of hydrogen-bond donors (Lipinski definition) is 3. The van der Waals surface area contributed by atoms with Crippen molar-refractivity contribution in [3.8, 4) is 0 Å². The first kappa shape index (κ1) is 24.4. The Balaban J connectivity index is 1.73. The Morgan fingerprint density at radius 1 is 1.29 bits per heavy atom. The zero-order valence-electron chi connectivity index (χ0n) is 20.5. The zero-order valence-corrected chi connectivity index (χ0v) is 20.5. The van der Waals surface area contributed by atoms with Crippen LogP contribution in [0.3, 0.4) is 0 Å². The molecule has 4 atom stereocenters. The Kier molecular flexibility index (Phi) is 6.56. The zero-order chi connectivity index (χ0) is 24.8. The largest absolute Gasteiger partial charge is 0.444 e. The van der Waals surface area contributed by atoms with Gasteiger partial charge >= 0.3 is 6.09 Å². The van der Waals surface area contributed by atoms with E-state index in [4.69, 9.17) is 4.74 Å². The van der Waals surface area contributed by atoms with E-state index in [1.165, 1.54) is 0 Å². The van der Waals surface area contributed by atoms with Gasteiger partial charge in [0.25, 0.3) is 0 Å². The van der Waals surface area contributed by atoms with Crippen LogP contribution in [-0.2, 0) is 4.74 Å². The van der Waals surface area contributed by atoms with Gasteiger partial charge in [0.2, 0.25) is 5.43 Å². The molecule has 2 aliphatic rings. The van der Waals surface area contributed by atoms with Crippen molar-refractivity contribution in [2.24, 2.45) is 0 Å². The molecule has 1 amide bonds. The van der Waals surface area contributed by atoms with Gasteiger partial charge < -0.3 is 29.7 Å². The molecule has 1 aliphatic heterocycles. The number of amides is 1. The highest BCUT2D eigenvalue weighted by molar-refractivity contribution is 5.77. The van der Waals surface area contributed by atoms with E-state index in [1.807, 2.05) is 27.7 Å². The number of pyridine rings is 1. The fourth-order valence-electron chi connectivity index (χ4n) is 4.95. The van der Waals surface area contributed by atoms with Crippen LogP contribution in [0.5, 0.6) is 0 Å². The summed E-state index contributed by atoms with van der Waals surface area (Å²) in [5, 5.41) is 19.4. The smallest absolute Gasteiger partial charge is 0.410 e. The lowest BCUT2D eigenvalue weighted by atomic mass is 9.81. The summed E-state index contributed by atoms with van der Waals surface area (Å²) in [5.41, 5.74) is 1.73. The van der Waals surface area contributed by atoms with Crippen molar-refractivity contribution < 1.29 is 19.7 Å². The minimum absolute atomic E-state index is 0.00805. The Bertz CT molecular complexity index is 1130. The van der Waals surface area contributed by atoms with Gasteiger partial charge in [0.1, 0.15) is 11.3 Å². The number of nitrogens with one attached hydrogen (secondary N) is 1. The molecule has 0 radical (unpaired) electrons. The van der Waals surface area contributed by atoms with E-state index in [9.17, 15) is 19.8 Å². The number of piperazine rings is 1. The van der Waals surface area contributed by atoms with Crippen LogP contribution in [0.15, 0.2) is 11.0 Å². The lowest BCUT2D eigenvalue weighted by Crippen LogP contribution is -2.67. The van der Waals surface area contributed by atoms with E-state index < -0.39 is 11.7 Å². The number of fused-ring (bicyclic) bond motifs is 2. The Morgan fingerprint density at radius 2 is 2.00 bits per heavy atom. The highest BCUT2D eigenvalue weighted by atomic mass is 16.6. The summed E-state index contributed by atoms with van der Waals surface area (Å²) < 4.78 is 5.61. The van der Waals surface area contributed by atoms with Crippen molar-refractivity contribution in [1.29, 1.82) is 0 Å². The van der Waals surface area contributed by atoms with Crippen LogP contribution in [0.1, 0.15) is 64.3 Å². The van der Waals surface area contributed by atoms with Gasteiger partial charge in [-0.05, 0) is 47.0 Å². The maximum atomic E-state index is 13.8. The van der Waals surface area contributed by atoms with E-state index in [0.29, 0.717) is 35.8 Å². The Labute approximate surface area is 199 Å². The molecule has 1 saturated carbocycles. The second-order valence-corrected chi connectivity index (χ2v) is 10.5. The molecule has 1 saturated heterocycles. The van der Waals surface area contributed by atoms with Gasteiger partial charge in [0.05, 0.1) is 30.6 Å². The second-order valence-electron chi connectivity index (χ2n) is 10.5. The molecule has 3 N–H and O–H groups in total. The average Bonchev–Trinajstić information content (AvgIpc) is 2.73. The van der Waals surface area contributed by atoms with E-state index in [-0.39, 0.29) is 48.1 Å². The first-order valence-electron chi connectivity index (χ1n) is 11.9. The Morgan fingerprint density at radius 3 is 2.62 bits per heavy atom. The van der Waals surface area contributed by atoms with Crippen LogP contribution in [0.4, 0.5) is 10.5 Å². The maximum Gasteiger partial charge on any atom is 0.410 e. The number of H-pyrrole nitrogens is 1. The summed E-state index contributed by atoms with van der Waals surface area (Å²) in [7, 11) is 0. The summed E-state index contributed by atoms with van der Waals surface area (Å²) in [6.45, 7) is 9.84. The van der Waals surface area contributed by atoms with Gasteiger partial charge in [-0.1, -0.05) is 6.92 Å². The van der Waals surface area contributed by atoms with Crippen LogP contribution in [0, 0.1) is 6.92 Å². The summed E-state index contributed by atoms with van der Waals surface area (Å²) >= 11 is 0. The average molecular weight is 474 g/mol. The molecule has 0 aromatic carbocycles. The number of nitrogens with zero attached hydrogens (tertiary/aromatic N) is 4. The fraction of sp³-hybridized carbons (Fsp3) is 0.667. The highest BCUT2D eigenvalue weighted by Gasteiger charge is 2.47. The number of aliphatic hydroxyl groups excluding tert-OH is 2. The SMILES string of the molecule is Cc1cnc2[nH]c(C(C)CC(O)CO)c(N3CCN(C(=O)OC(C)(C)C)[C@H]4CC[C@@H]43)c(=O)c2n1. The van der Waals surface area contributed by atoms with E-state index in [0.717, 1.165) is 12.8 Å². The molecule has 4 rings (SSSR count). The van der Waals surface area contributed by atoms with Crippen LogP contribution >= 0.6 is 0 Å². The number of aryl methyl sites for hydroxylation is 1. The summed E-state index contributed by atoms with van der Waals surface area (Å²) in [5.74, 6) is -0.236. The van der Waals surface area contributed by atoms with Gasteiger partial charge in [-0.25, -0.2) is 14.8 Å². The minimum Gasteiger partial charge on any atom is -0.444 e. The molecule has 34 heavy (non-hydrogen) atoms. The van der Waals surface area contributed by atoms with Gasteiger partial charge in [0, 0.05) is 30.7 Å². The quantitative estimate of drug-likeness (QED) is 0.601. The Hall–Kier alpha value is -2.72. The lowest BCUT2D eigenvalue weighted by molar-refractivity contribution is -0.00452. The van der Waals surface area contributed by atoms with Crippen molar-refractivity contribution in [2.75, 3.05) is 24.6 Å². The first-order chi connectivity index (χ1) is 16.0. The summed E-state index contributed by atoms with van der Waals surface area (Å²) in [4.78, 5) is 42.6. The van der Waals surface area contributed by atoms with E-state index >= 15 is 0 Å². The molecule has 2 aromatic rings. The summed E-state index contributed by atoms with van der Waals surface area (Å²) in [6, 6.07) is -0.0419. The van der Waals surface area contributed by atoms with Crippen LogP contribution in [0.2, 0.25) is 0 Å². The van der Waals surface area contributed by atoms with Gasteiger partial charge in [-0.15, -0.1) is 0 Å². The fourth-order valence-corrected chi connectivity index (χ4v) is 4.95. The number of rotatable bonds is 5. The van der Waals surface area contributed by atoms with E-state index in [1.54, 1.807) is 18.0 Å². The number of carbonyl (C=O) groups excluding carboxylic acids is 1. The third-order valence-corrected chi connectivity index (χ3v) is 6.66. The molecule has 3 heterocycles. The predicted molar refractivity (Wildman–Crippen MR) is 128 cm³/mol. The molecular weight excluding hydrogens is 438 g/mol. The number of hydrogen-bond acceptors (Lipinski definition) is 8. The third kappa shape index (κ3) is 4.61. The van der Waals surface area contributed by atoms with Crippen molar-refractivity contribution in [3.05, 3.63) is 27.8 Å². The molecule has 10 nitrogen and oxygen atoms in total. The molecule has 0 bridgehead atoms. The van der Waals surface area contributed by atoms with E-state index in [2.05, 4.69) is 19.9 Å². The molecule has 2 aromatic heterocycles. The van der Waals surface area contributed by atoms with Gasteiger partial charge in [-0.3, -0.25) is 4.79 Å². The van der Waals surface area contributed by atoms with Crippen LogP contribution in [-0.4, -0.2) is 79.6 Å². The number of aliphatic hydroxyl groups is 2. The number of anilines is 1. The number of ether oxygens (including phenoxy) is 1. The second kappa shape index (κ2) is 9.14. The van der Waals surface area contributed by atoms with Gasteiger partial charge in [-0.2, -0.15) is 0 Å². The minimum atomic E-state index is -0.897. The topological polar surface area (TPSA) is 132 Å². The normalized spacial score (nSPS) is 22.2. The molecule has 2 fully saturated rings. The molecule has 0 spiro atoms. The van der Waals surface area contributed by atoms with Crippen molar-refractivity contribution >= 4 is 22.9 Å². The molecule has 1 aliphatic carbocycles. The maximum absolute atomic E-state index is 13.8. The van der Waals surface area contributed by atoms with Gasteiger partial charge in [0.15, 0.2) is 11.2 Å². The number of carbonyl (C=O) groups is 1. The van der Waals surface area contributed by atoms with Crippen molar-refractivity contribution in [2.45, 2.75) is 83.6 Å². The number of aromatic nitrogens is 3. The molecule has 186 valence electrons. The summed E-state index contributed by atoms with van der Waals surface area (Å²) in [6.07, 6.45) is 2.38. The van der Waals surface area contributed by atoms with Crippen molar-refractivity contribution in [3.63, 3.8) is 0 Å². The molecule has 2 unspecified atom stereocenters. The first-order valence-corrected chi connectivity index (χ1v) is 11.9. The molecule has 10 heteroatoms. The predicted octanol–water partition coefficient (Wildman–Crippen LogP) is 2.06. The molecular formula is C24H35N5O5.